The van der Waals surface area contributed by atoms with E-state index in [1.165, 1.54) is 0 Å². The van der Waals surface area contributed by atoms with E-state index in [-0.39, 0.29) is 18.4 Å². The fourth-order valence-corrected chi connectivity index (χ4v) is 1.96. The number of nitrogens with zero attached hydrogens (tertiary/aromatic N) is 1. The minimum absolute atomic E-state index is 0.0894. The Hall–Kier alpha value is -2.04. The first-order chi connectivity index (χ1) is 9.08. The van der Waals surface area contributed by atoms with Crippen molar-refractivity contribution in [2.24, 2.45) is 0 Å². The van der Waals surface area contributed by atoms with E-state index in [2.05, 4.69) is 5.32 Å². The lowest BCUT2D eigenvalue weighted by molar-refractivity contribution is -0.116. The molecular formula is C14H18N2O3. The predicted molar refractivity (Wildman–Crippen MR) is 72.1 cm³/mol. The number of aryl methyl sites for hydroxylation is 1. The number of hydrogen-bond acceptors (Lipinski definition) is 3. The molecule has 1 N–H and O–H groups in total. The number of ether oxygens (including phenoxy) is 1. The molecule has 1 aliphatic heterocycles. The third kappa shape index (κ3) is 3.24. The van der Waals surface area contributed by atoms with Gasteiger partial charge in [-0.1, -0.05) is 12.1 Å². The maximum Gasteiger partial charge on any atom is 0.409 e. The second kappa shape index (κ2) is 5.73. The summed E-state index contributed by atoms with van der Waals surface area (Å²) >= 11 is 0. The van der Waals surface area contributed by atoms with Crippen molar-refractivity contribution in [1.29, 1.82) is 0 Å². The number of amides is 2. The van der Waals surface area contributed by atoms with Gasteiger partial charge in [-0.15, -0.1) is 0 Å². The zero-order chi connectivity index (χ0) is 13.8. The van der Waals surface area contributed by atoms with Crippen molar-refractivity contribution in [1.82, 2.24) is 4.90 Å². The van der Waals surface area contributed by atoms with Crippen molar-refractivity contribution in [2.75, 3.05) is 25.0 Å². The van der Waals surface area contributed by atoms with Crippen molar-refractivity contribution in [2.45, 2.75) is 20.3 Å². The number of carbonyl (C=O) groups is 2. The van der Waals surface area contributed by atoms with Crippen molar-refractivity contribution in [3.63, 3.8) is 0 Å². The smallest absolute Gasteiger partial charge is 0.409 e. The molecule has 102 valence electrons. The van der Waals surface area contributed by atoms with Crippen LogP contribution >= 0.6 is 0 Å². The summed E-state index contributed by atoms with van der Waals surface area (Å²) in [6.07, 6.45) is -0.0535. The van der Waals surface area contributed by atoms with Gasteiger partial charge in [-0.05, 0) is 31.0 Å². The predicted octanol–water partition coefficient (Wildman–Crippen LogP) is 2.08. The lowest BCUT2D eigenvalue weighted by Gasteiger charge is -2.13. The summed E-state index contributed by atoms with van der Waals surface area (Å²) in [7, 11) is 0. The first-order valence-electron chi connectivity index (χ1n) is 6.35. The minimum atomic E-state index is -0.334. The Kier molecular flexibility index (Phi) is 4.04. The number of benzene rings is 1. The second-order valence-electron chi connectivity index (χ2n) is 4.65. The molecule has 2 amide bonds. The van der Waals surface area contributed by atoms with Crippen molar-refractivity contribution in [3.05, 3.63) is 29.3 Å². The van der Waals surface area contributed by atoms with Crippen molar-refractivity contribution >= 4 is 17.7 Å². The average Bonchev–Trinajstić information content (AvgIpc) is 2.78. The zero-order valence-corrected chi connectivity index (χ0v) is 11.2. The molecule has 2 rings (SSSR count). The van der Waals surface area contributed by atoms with Gasteiger partial charge in [0.15, 0.2) is 0 Å². The van der Waals surface area contributed by atoms with Crippen LogP contribution in [0.2, 0.25) is 0 Å². The van der Waals surface area contributed by atoms with Crippen LogP contribution in [0.25, 0.3) is 0 Å². The monoisotopic (exact) mass is 262 g/mol. The van der Waals surface area contributed by atoms with Crippen LogP contribution in [0.15, 0.2) is 18.2 Å². The van der Waals surface area contributed by atoms with Crippen LogP contribution in [0.5, 0.6) is 0 Å². The van der Waals surface area contributed by atoms with Gasteiger partial charge in [-0.2, -0.15) is 0 Å². The summed E-state index contributed by atoms with van der Waals surface area (Å²) in [6, 6.07) is 5.80. The van der Waals surface area contributed by atoms with Crippen molar-refractivity contribution < 1.29 is 14.3 Å². The Labute approximate surface area is 112 Å². The molecule has 5 nitrogen and oxygen atoms in total. The highest BCUT2D eigenvalue weighted by Gasteiger charge is 2.22. The second-order valence-corrected chi connectivity index (χ2v) is 4.65. The summed E-state index contributed by atoms with van der Waals surface area (Å²) in [4.78, 5) is 24.6. The molecule has 1 saturated heterocycles. The normalized spacial score (nSPS) is 14.4. The lowest BCUT2D eigenvalue weighted by atomic mass is 10.1. The summed E-state index contributed by atoms with van der Waals surface area (Å²) < 4.78 is 4.81. The third-order valence-corrected chi connectivity index (χ3v) is 3.33. The summed E-state index contributed by atoms with van der Waals surface area (Å²) in [5.74, 6) is -0.0894. The number of hydrogen-bond donors (Lipinski definition) is 1. The Morgan fingerprint density at radius 3 is 2.89 bits per heavy atom. The molecule has 0 spiro atoms. The van der Waals surface area contributed by atoms with Crippen LogP contribution in [0.1, 0.15) is 17.5 Å². The molecule has 1 fully saturated rings. The number of anilines is 1. The van der Waals surface area contributed by atoms with E-state index in [1.54, 1.807) is 4.90 Å². The van der Waals surface area contributed by atoms with Gasteiger partial charge in [0.05, 0.1) is 6.54 Å². The molecule has 0 radical (unpaired) electrons. The highest BCUT2D eigenvalue weighted by atomic mass is 16.6. The van der Waals surface area contributed by atoms with E-state index in [1.807, 2.05) is 32.0 Å². The highest BCUT2D eigenvalue weighted by molar-refractivity contribution is 5.92. The van der Waals surface area contributed by atoms with Crippen LogP contribution in [0.3, 0.4) is 0 Å². The molecule has 0 unspecified atom stereocenters. The molecule has 0 bridgehead atoms. The topological polar surface area (TPSA) is 58.6 Å². The fourth-order valence-electron chi connectivity index (χ4n) is 1.96. The van der Waals surface area contributed by atoms with E-state index in [0.717, 1.165) is 16.8 Å². The molecule has 0 atom stereocenters. The van der Waals surface area contributed by atoms with Gasteiger partial charge in [-0.25, -0.2) is 4.79 Å². The van der Waals surface area contributed by atoms with E-state index < -0.39 is 0 Å². The van der Waals surface area contributed by atoms with E-state index >= 15 is 0 Å². The van der Waals surface area contributed by atoms with Gasteiger partial charge in [0.25, 0.3) is 0 Å². The van der Waals surface area contributed by atoms with Gasteiger partial charge in [0, 0.05) is 18.7 Å². The van der Waals surface area contributed by atoms with E-state index in [0.29, 0.717) is 19.7 Å². The molecule has 0 aromatic heterocycles. The van der Waals surface area contributed by atoms with Gasteiger partial charge in [0.2, 0.25) is 5.91 Å². The molecule has 1 aromatic rings. The Morgan fingerprint density at radius 2 is 2.21 bits per heavy atom. The number of cyclic esters (lactones) is 1. The minimum Gasteiger partial charge on any atom is -0.448 e. The fraction of sp³-hybridized carbons (Fsp3) is 0.429. The van der Waals surface area contributed by atoms with Crippen LogP contribution in [0, 0.1) is 13.8 Å². The molecule has 0 aliphatic carbocycles. The maximum absolute atomic E-state index is 11.8. The standard InChI is InChI=1S/C14H18N2O3/c1-10-4-3-5-12(11(10)2)15-13(17)6-7-16-8-9-19-14(16)18/h3-5H,6-9H2,1-2H3,(H,15,17). The Morgan fingerprint density at radius 1 is 1.42 bits per heavy atom. The molecule has 1 aliphatic rings. The van der Waals surface area contributed by atoms with E-state index in [9.17, 15) is 9.59 Å². The summed E-state index contributed by atoms with van der Waals surface area (Å²) in [5.41, 5.74) is 3.03. The van der Waals surface area contributed by atoms with Gasteiger partial charge in [0.1, 0.15) is 6.61 Å². The largest absolute Gasteiger partial charge is 0.448 e. The zero-order valence-electron chi connectivity index (χ0n) is 11.2. The first kappa shape index (κ1) is 13.4. The van der Waals surface area contributed by atoms with Crippen LogP contribution < -0.4 is 5.32 Å². The lowest BCUT2D eigenvalue weighted by Crippen LogP contribution is -2.28. The van der Waals surface area contributed by atoms with Gasteiger partial charge >= 0.3 is 6.09 Å². The van der Waals surface area contributed by atoms with Gasteiger partial charge in [-0.3, -0.25) is 4.79 Å². The van der Waals surface area contributed by atoms with Crippen LogP contribution in [-0.2, 0) is 9.53 Å². The summed E-state index contributed by atoms with van der Waals surface area (Å²) in [6.45, 7) is 5.36. The maximum atomic E-state index is 11.8. The number of nitrogens with one attached hydrogen (secondary N) is 1. The molecule has 1 heterocycles. The average molecular weight is 262 g/mol. The molecule has 5 heteroatoms. The molecule has 19 heavy (non-hydrogen) atoms. The number of carbonyl (C=O) groups excluding carboxylic acids is 2. The third-order valence-electron chi connectivity index (χ3n) is 3.33. The van der Waals surface area contributed by atoms with Gasteiger partial charge < -0.3 is 15.0 Å². The number of rotatable bonds is 4. The molecule has 0 saturated carbocycles. The highest BCUT2D eigenvalue weighted by Crippen LogP contribution is 2.18. The van der Waals surface area contributed by atoms with E-state index in [4.69, 9.17) is 4.74 Å². The van der Waals surface area contributed by atoms with Crippen molar-refractivity contribution in [3.8, 4) is 0 Å². The Balaban J connectivity index is 1.87. The molecule has 1 aromatic carbocycles. The molecular weight excluding hydrogens is 244 g/mol. The van der Waals surface area contributed by atoms with Crippen LogP contribution in [-0.4, -0.2) is 36.6 Å². The summed E-state index contributed by atoms with van der Waals surface area (Å²) in [5, 5.41) is 2.87. The quantitative estimate of drug-likeness (QED) is 0.903. The SMILES string of the molecule is Cc1cccc(NC(=O)CCN2CCOC2=O)c1C. The first-order valence-corrected chi connectivity index (χ1v) is 6.35. The Bertz CT molecular complexity index is 499. The van der Waals surface area contributed by atoms with Crippen LogP contribution in [0.4, 0.5) is 10.5 Å².